The molecule has 7 heteroatoms. The minimum atomic E-state index is -0.469. The lowest BCUT2D eigenvalue weighted by molar-refractivity contribution is -0.142. The standard InChI is InChI=1S/C15H19NO5.H2S/c1-10-13(8-14(17)20-3)21-15(18)16(10)9-11-4-6-12(19-2)7-5-11;/h4-7,10,13H,8-9H2,1-3H3;1H2/t10-,13?;/m0./s1. The predicted octanol–water partition coefficient (Wildman–Crippen LogP) is 2.08. The number of esters is 1. The van der Waals surface area contributed by atoms with Crippen molar-refractivity contribution >= 4 is 25.6 Å². The highest BCUT2D eigenvalue weighted by atomic mass is 32.1. The molecule has 2 rings (SSSR count). The Kier molecular flexibility index (Phi) is 6.55. The van der Waals surface area contributed by atoms with Gasteiger partial charge in [-0.3, -0.25) is 9.69 Å². The lowest BCUT2D eigenvalue weighted by Gasteiger charge is -2.20. The maximum atomic E-state index is 11.9. The predicted molar refractivity (Wildman–Crippen MR) is 85.3 cm³/mol. The monoisotopic (exact) mass is 327 g/mol. The zero-order valence-corrected chi connectivity index (χ0v) is 13.9. The van der Waals surface area contributed by atoms with Crippen molar-refractivity contribution < 1.29 is 23.8 Å². The van der Waals surface area contributed by atoms with E-state index in [-0.39, 0.29) is 31.9 Å². The fourth-order valence-electron chi connectivity index (χ4n) is 2.26. The summed E-state index contributed by atoms with van der Waals surface area (Å²) < 4.78 is 14.9. The fraction of sp³-hybridized carbons (Fsp3) is 0.467. The van der Waals surface area contributed by atoms with Gasteiger partial charge in [0.1, 0.15) is 11.9 Å². The molecule has 2 atom stereocenters. The van der Waals surface area contributed by atoms with Gasteiger partial charge in [-0.05, 0) is 24.6 Å². The smallest absolute Gasteiger partial charge is 0.410 e. The summed E-state index contributed by atoms with van der Waals surface area (Å²) in [6.07, 6.45) is -0.807. The first-order chi connectivity index (χ1) is 10.0. The van der Waals surface area contributed by atoms with Crippen molar-refractivity contribution in [3.05, 3.63) is 29.8 Å². The van der Waals surface area contributed by atoms with Crippen molar-refractivity contribution in [2.75, 3.05) is 14.2 Å². The van der Waals surface area contributed by atoms with Crippen molar-refractivity contribution in [2.45, 2.75) is 32.0 Å². The highest BCUT2D eigenvalue weighted by Crippen LogP contribution is 2.24. The first-order valence-corrected chi connectivity index (χ1v) is 6.72. The van der Waals surface area contributed by atoms with E-state index in [9.17, 15) is 9.59 Å². The first-order valence-electron chi connectivity index (χ1n) is 6.72. The molecule has 1 amide bonds. The van der Waals surface area contributed by atoms with Crippen LogP contribution in [0.5, 0.6) is 5.75 Å². The van der Waals surface area contributed by atoms with Gasteiger partial charge >= 0.3 is 12.1 Å². The van der Waals surface area contributed by atoms with Crippen LogP contribution < -0.4 is 4.74 Å². The number of hydrogen-bond donors (Lipinski definition) is 0. The maximum absolute atomic E-state index is 11.9. The molecule has 0 aromatic heterocycles. The van der Waals surface area contributed by atoms with Crippen molar-refractivity contribution in [2.24, 2.45) is 0 Å². The Bertz CT molecular complexity index is 519. The number of nitrogens with zero attached hydrogens (tertiary/aromatic N) is 1. The van der Waals surface area contributed by atoms with Crippen LogP contribution in [0.25, 0.3) is 0 Å². The van der Waals surface area contributed by atoms with Crippen molar-refractivity contribution in [3.8, 4) is 5.75 Å². The second kappa shape index (κ2) is 7.93. The van der Waals surface area contributed by atoms with Gasteiger partial charge in [-0.2, -0.15) is 13.5 Å². The molecule has 0 spiro atoms. The topological polar surface area (TPSA) is 65.1 Å². The van der Waals surface area contributed by atoms with Crippen LogP contribution in [0.1, 0.15) is 18.9 Å². The first kappa shape index (κ1) is 18.2. The third-order valence-electron chi connectivity index (χ3n) is 3.62. The van der Waals surface area contributed by atoms with E-state index >= 15 is 0 Å². The summed E-state index contributed by atoms with van der Waals surface area (Å²) in [6.45, 7) is 2.30. The minimum Gasteiger partial charge on any atom is -0.497 e. The Balaban J connectivity index is 0.00000242. The van der Waals surface area contributed by atoms with Crippen molar-refractivity contribution in [3.63, 3.8) is 0 Å². The highest BCUT2D eigenvalue weighted by molar-refractivity contribution is 7.59. The summed E-state index contributed by atoms with van der Waals surface area (Å²) in [5, 5.41) is 0. The van der Waals surface area contributed by atoms with Gasteiger partial charge in [0.25, 0.3) is 0 Å². The van der Waals surface area contributed by atoms with Gasteiger partial charge in [-0.15, -0.1) is 0 Å². The quantitative estimate of drug-likeness (QED) is 0.775. The second-order valence-electron chi connectivity index (χ2n) is 4.92. The summed E-state index contributed by atoms with van der Waals surface area (Å²) >= 11 is 0. The molecule has 1 aliphatic rings. The summed E-state index contributed by atoms with van der Waals surface area (Å²) in [5.74, 6) is 0.380. The Morgan fingerprint density at radius 1 is 1.27 bits per heavy atom. The minimum absolute atomic E-state index is 0. The number of cyclic esters (lactones) is 1. The van der Waals surface area contributed by atoms with Crippen LogP contribution in [0.15, 0.2) is 24.3 Å². The summed E-state index contributed by atoms with van der Waals surface area (Å²) in [6, 6.07) is 7.29. The largest absolute Gasteiger partial charge is 0.497 e. The number of rotatable bonds is 5. The molecule has 0 N–H and O–H groups in total. The lowest BCUT2D eigenvalue weighted by Crippen LogP contribution is -2.34. The molecule has 0 radical (unpaired) electrons. The number of carbonyl (C=O) groups is 2. The van der Waals surface area contributed by atoms with Gasteiger partial charge in [0.05, 0.1) is 26.7 Å². The molecule has 1 unspecified atom stereocenters. The molecular formula is C15H21NO5S. The molecule has 22 heavy (non-hydrogen) atoms. The van der Waals surface area contributed by atoms with Crippen LogP contribution in [0.2, 0.25) is 0 Å². The molecule has 1 aromatic carbocycles. The van der Waals surface area contributed by atoms with Crippen molar-refractivity contribution in [1.29, 1.82) is 0 Å². The van der Waals surface area contributed by atoms with Gasteiger partial charge < -0.3 is 14.2 Å². The highest BCUT2D eigenvalue weighted by Gasteiger charge is 2.39. The molecule has 6 nitrogen and oxygen atoms in total. The molecule has 1 heterocycles. The molecule has 0 bridgehead atoms. The van der Waals surface area contributed by atoms with E-state index in [1.165, 1.54) is 7.11 Å². The zero-order chi connectivity index (χ0) is 15.4. The van der Waals surface area contributed by atoms with E-state index in [4.69, 9.17) is 9.47 Å². The summed E-state index contributed by atoms with van der Waals surface area (Å²) in [5.41, 5.74) is 0.971. The summed E-state index contributed by atoms with van der Waals surface area (Å²) in [4.78, 5) is 24.8. The van der Waals surface area contributed by atoms with Crippen LogP contribution in [0.4, 0.5) is 4.79 Å². The molecule has 1 aliphatic heterocycles. The molecule has 1 fully saturated rings. The molecule has 122 valence electrons. The van der Waals surface area contributed by atoms with E-state index in [0.29, 0.717) is 6.54 Å². The van der Waals surface area contributed by atoms with Crippen LogP contribution >= 0.6 is 13.5 Å². The summed E-state index contributed by atoms with van der Waals surface area (Å²) in [7, 11) is 2.92. The number of amides is 1. The van der Waals surface area contributed by atoms with Gasteiger partial charge in [-0.1, -0.05) is 12.1 Å². The van der Waals surface area contributed by atoms with E-state index < -0.39 is 12.2 Å². The number of benzene rings is 1. The number of methoxy groups -OCH3 is 2. The zero-order valence-electron chi connectivity index (χ0n) is 12.9. The maximum Gasteiger partial charge on any atom is 0.410 e. The van der Waals surface area contributed by atoms with E-state index in [0.717, 1.165) is 11.3 Å². The lowest BCUT2D eigenvalue weighted by atomic mass is 10.1. The van der Waals surface area contributed by atoms with Crippen molar-refractivity contribution in [1.82, 2.24) is 4.90 Å². The molecule has 1 saturated heterocycles. The average molecular weight is 327 g/mol. The Morgan fingerprint density at radius 3 is 2.45 bits per heavy atom. The molecule has 1 aromatic rings. The van der Waals surface area contributed by atoms with Crippen LogP contribution in [-0.2, 0) is 20.8 Å². The van der Waals surface area contributed by atoms with Gasteiger partial charge in [0.2, 0.25) is 0 Å². The molecule has 0 saturated carbocycles. The van der Waals surface area contributed by atoms with Crippen LogP contribution in [0, 0.1) is 0 Å². The van der Waals surface area contributed by atoms with Crippen LogP contribution in [0.3, 0.4) is 0 Å². The third kappa shape index (κ3) is 4.07. The van der Waals surface area contributed by atoms with Gasteiger partial charge in [0, 0.05) is 6.54 Å². The Morgan fingerprint density at radius 2 is 1.91 bits per heavy atom. The Hall–Kier alpha value is -1.89. The number of carbonyl (C=O) groups excluding carboxylic acids is 2. The van der Waals surface area contributed by atoms with Crippen LogP contribution in [-0.4, -0.2) is 43.3 Å². The fourth-order valence-corrected chi connectivity index (χ4v) is 2.26. The normalized spacial score (nSPS) is 20.1. The van der Waals surface area contributed by atoms with Gasteiger partial charge in [0.15, 0.2) is 0 Å². The molecule has 0 aliphatic carbocycles. The SMILES string of the molecule is COC(=O)CC1OC(=O)N(Cc2ccc(OC)cc2)[C@H]1C.S. The number of ether oxygens (including phenoxy) is 3. The molecular weight excluding hydrogens is 306 g/mol. The Labute approximate surface area is 136 Å². The third-order valence-corrected chi connectivity index (χ3v) is 3.62. The number of hydrogen-bond acceptors (Lipinski definition) is 5. The average Bonchev–Trinajstić information content (AvgIpc) is 2.75. The second-order valence-corrected chi connectivity index (χ2v) is 4.92. The van der Waals surface area contributed by atoms with E-state index in [2.05, 4.69) is 4.74 Å². The van der Waals surface area contributed by atoms with Gasteiger partial charge in [-0.25, -0.2) is 4.79 Å². The van der Waals surface area contributed by atoms with E-state index in [1.54, 1.807) is 12.0 Å². The van der Waals surface area contributed by atoms with E-state index in [1.807, 2.05) is 31.2 Å².